The summed E-state index contributed by atoms with van der Waals surface area (Å²) in [6.07, 6.45) is 0.651. The van der Waals surface area contributed by atoms with Crippen LogP contribution in [0, 0.1) is 17.6 Å². The van der Waals surface area contributed by atoms with Crippen LogP contribution in [0.4, 0.5) is 8.78 Å². The molecule has 4 nitrogen and oxygen atoms in total. The van der Waals surface area contributed by atoms with Crippen LogP contribution in [0.2, 0.25) is 0 Å². The van der Waals surface area contributed by atoms with Crippen LogP contribution in [0.1, 0.15) is 25.3 Å². The molecule has 1 aromatic carbocycles. The minimum absolute atomic E-state index is 0.145. The maximum Gasteiger partial charge on any atom is 0.306 e. The zero-order chi connectivity index (χ0) is 15.6. The number of aliphatic carboxylic acids is 1. The third kappa shape index (κ3) is 3.56. The summed E-state index contributed by atoms with van der Waals surface area (Å²) >= 11 is 0. The van der Waals surface area contributed by atoms with Gasteiger partial charge in [-0.15, -0.1) is 0 Å². The van der Waals surface area contributed by atoms with E-state index in [9.17, 15) is 18.4 Å². The first kappa shape index (κ1) is 15.4. The van der Waals surface area contributed by atoms with Gasteiger partial charge in [0.25, 0.3) is 0 Å². The number of carbonyl (C=O) groups is 2. The maximum atomic E-state index is 13.6. The minimum Gasteiger partial charge on any atom is -0.481 e. The van der Waals surface area contributed by atoms with Gasteiger partial charge < -0.3 is 10.0 Å². The van der Waals surface area contributed by atoms with E-state index in [1.165, 1.54) is 6.07 Å². The van der Waals surface area contributed by atoms with E-state index in [2.05, 4.69) is 0 Å². The van der Waals surface area contributed by atoms with E-state index in [-0.39, 0.29) is 23.9 Å². The molecule has 2 rings (SSSR count). The lowest BCUT2D eigenvalue weighted by molar-refractivity contribution is -0.147. The zero-order valence-electron chi connectivity index (χ0n) is 11.7. The number of hydrogen-bond acceptors (Lipinski definition) is 2. The lowest BCUT2D eigenvalue weighted by Crippen LogP contribution is -2.46. The molecule has 0 spiro atoms. The van der Waals surface area contributed by atoms with E-state index in [0.717, 1.165) is 12.1 Å². The van der Waals surface area contributed by atoms with Gasteiger partial charge in [0.1, 0.15) is 11.6 Å². The van der Waals surface area contributed by atoms with Gasteiger partial charge in [-0.1, -0.05) is 6.07 Å². The average Bonchev–Trinajstić information content (AvgIpc) is 2.41. The predicted molar refractivity (Wildman–Crippen MR) is 71.6 cm³/mol. The second-order valence-electron chi connectivity index (χ2n) is 5.41. The second kappa shape index (κ2) is 6.20. The van der Waals surface area contributed by atoms with Crippen molar-refractivity contribution in [2.24, 2.45) is 5.92 Å². The van der Waals surface area contributed by atoms with Crippen molar-refractivity contribution in [1.29, 1.82) is 0 Å². The van der Waals surface area contributed by atoms with Crippen LogP contribution in [0.5, 0.6) is 0 Å². The Balaban J connectivity index is 2.02. The third-order valence-electron chi connectivity index (χ3n) is 3.90. The van der Waals surface area contributed by atoms with Gasteiger partial charge in [-0.05, 0) is 31.4 Å². The molecule has 0 aromatic heterocycles. The van der Waals surface area contributed by atoms with Crippen molar-refractivity contribution in [3.8, 4) is 0 Å². The second-order valence-corrected chi connectivity index (χ2v) is 5.41. The molecule has 0 aliphatic carbocycles. The van der Waals surface area contributed by atoms with Crippen molar-refractivity contribution in [3.05, 3.63) is 35.4 Å². The fourth-order valence-corrected chi connectivity index (χ4v) is 2.70. The van der Waals surface area contributed by atoms with Crippen LogP contribution in [0.25, 0.3) is 0 Å². The summed E-state index contributed by atoms with van der Waals surface area (Å²) in [5, 5.41) is 8.99. The van der Waals surface area contributed by atoms with Crippen LogP contribution in [0.15, 0.2) is 18.2 Å². The molecule has 0 saturated carbocycles. The summed E-state index contributed by atoms with van der Waals surface area (Å²) in [5.74, 6) is -2.97. The lowest BCUT2D eigenvalue weighted by Gasteiger charge is -2.36. The molecule has 114 valence electrons. The molecule has 1 N–H and O–H groups in total. The largest absolute Gasteiger partial charge is 0.481 e. The van der Waals surface area contributed by atoms with Crippen LogP contribution in [0.3, 0.4) is 0 Å². The van der Waals surface area contributed by atoms with Gasteiger partial charge in [0.2, 0.25) is 5.91 Å². The molecule has 1 heterocycles. The highest BCUT2D eigenvalue weighted by atomic mass is 19.1. The van der Waals surface area contributed by atoms with E-state index >= 15 is 0 Å². The number of hydrogen-bond donors (Lipinski definition) is 1. The summed E-state index contributed by atoms with van der Waals surface area (Å²) in [6.45, 7) is 2.13. The van der Waals surface area contributed by atoms with Gasteiger partial charge in [-0.3, -0.25) is 9.59 Å². The zero-order valence-corrected chi connectivity index (χ0v) is 11.7. The van der Waals surface area contributed by atoms with Crippen LogP contribution < -0.4 is 0 Å². The fourth-order valence-electron chi connectivity index (χ4n) is 2.70. The topological polar surface area (TPSA) is 57.6 Å². The minimum atomic E-state index is -0.849. The molecular formula is C15H17F2NO3. The van der Waals surface area contributed by atoms with Gasteiger partial charge >= 0.3 is 5.97 Å². The van der Waals surface area contributed by atoms with Crippen molar-refractivity contribution < 1.29 is 23.5 Å². The number of carboxylic acids is 1. The van der Waals surface area contributed by atoms with Crippen LogP contribution in [-0.4, -0.2) is 34.5 Å². The quantitative estimate of drug-likeness (QED) is 0.930. The number of nitrogens with zero attached hydrogens (tertiary/aromatic N) is 1. The maximum absolute atomic E-state index is 13.6. The molecule has 1 amide bonds. The van der Waals surface area contributed by atoms with Crippen molar-refractivity contribution >= 4 is 11.9 Å². The molecule has 2 atom stereocenters. The SMILES string of the molecule is CC1CC(C(=O)O)CCN1C(=O)Cc1ccc(F)cc1F. The summed E-state index contributed by atoms with van der Waals surface area (Å²) in [6, 6.07) is 2.93. The van der Waals surface area contributed by atoms with E-state index in [1.807, 2.05) is 0 Å². The molecule has 2 unspecified atom stereocenters. The number of carbonyl (C=O) groups excluding carboxylic acids is 1. The summed E-state index contributed by atoms with van der Waals surface area (Å²) in [5.41, 5.74) is 0.147. The fraction of sp³-hybridized carbons (Fsp3) is 0.467. The van der Waals surface area contributed by atoms with Crippen molar-refractivity contribution in [2.45, 2.75) is 32.2 Å². The first-order valence-corrected chi connectivity index (χ1v) is 6.84. The smallest absolute Gasteiger partial charge is 0.306 e. The Hall–Kier alpha value is -1.98. The molecule has 1 fully saturated rings. The number of halogens is 2. The number of carboxylic acid groups (broad SMARTS) is 1. The Kier molecular flexibility index (Phi) is 4.55. The Morgan fingerprint density at radius 3 is 2.67 bits per heavy atom. The molecule has 1 aliphatic rings. The number of piperidine rings is 1. The van der Waals surface area contributed by atoms with Crippen molar-refractivity contribution in [2.75, 3.05) is 6.54 Å². The Morgan fingerprint density at radius 2 is 2.10 bits per heavy atom. The molecular weight excluding hydrogens is 280 g/mol. The van der Waals surface area contributed by atoms with Gasteiger partial charge in [0.05, 0.1) is 12.3 Å². The first-order valence-electron chi connectivity index (χ1n) is 6.84. The molecule has 0 bridgehead atoms. The van der Waals surface area contributed by atoms with Crippen LogP contribution in [-0.2, 0) is 16.0 Å². The molecule has 0 radical (unpaired) electrons. The lowest BCUT2D eigenvalue weighted by atomic mass is 9.91. The number of benzene rings is 1. The van der Waals surface area contributed by atoms with E-state index in [1.54, 1.807) is 11.8 Å². The van der Waals surface area contributed by atoms with Gasteiger partial charge in [0.15, 0.2) is 0 Å². The standard InChI is InChI=1S/C15H17F2NO3/c1-9-6-11(15(20)21)4-5-18(9)14(19)7-10-2-3-12(16)8-13(10)17/h2-3,8-9,11H,4-7H2,1H3,(H,20,21). The first-order chi connectivity index (χ1) is 9.88. The van der Waals surface area contributed by atoms with E-state index in [4.69, 9.17) is 5.11 Å². The van der Waals surface area contributed by atoms with Gasteiger partial charge in [0, 0.05) is 18.7 Å². The van der Waals surface area contributed by atoms with Crippen molar-refractivity contribution in [3.63, 3.8) is 0 Å². The van der Waals surface area contributed by atoms with Gasteiger partial charge in [-0.2, -0.15) is 0 Å². The Bertz CT molecular complexity index is 562. The van der Waals surface area contributed by atoms with E-state index in [0.29, 0.717) is 19.4 Å². The number of rotatable bonds is 3. The average molecular weight is 297 g/mol. The van der Waals surface area contributed by atoms with Crippen LogP contribution >= 0.6 is 0 Å². The summed E-state index contributed by atoms with van der Waals surface area (Å²) < 4.78 is 26.4. The molecule has 21 heavy (non-hydrogen) atoms. The summed E-state index contributed by atoms with van der Waals surface area (Å²) in [4.78, 5) is 24.7. The third-order valence-corrected chi connectivity index (χ3v) is 3.90. The number of amides is 1. The summed E-state index contributed by atoms with van der Waals surface area (Å²) in [7, 11) is 0. The predicted octanol–water partition coefficient (Wildman–Crippen LogP) is 2.22. The highest BCUT2D eigenvalue weighted by Crippen LogP contribution is 2.24. The van der Waals surface area contributed by atoms with Crippen molar-refractivity contribution in [1.82, 2.24) is 4.90 Å². The molecule has 1 aromatic rings. The highest BCUT2D eigenvalue weighted by Gasteiger charge is 2.32. The Labute approximate surface area is 121 Å². The highest BCUT2D eigenvalue weighted by molar-refractivity contribution is 5.79. The van der Waals surface area contributed by atoms with Gasteiger partial charge in [-0.25, -0.2) is 8.78 Å². The molecule has 1 aliphatic heterocycles. The number of likely N-dealkylation sites (tertiary alicyclic amines) is 1. The van der Waals surface area contributed by atoms with E-state index < -0.39 is 23.5 Å². The molecule has 6 heteroatoms. The normalized spacial score (nSPS) is 22.1. The monoisotopic (exact) mass is 297 g/mol. The Morgan fingerprint density at radius 1 is 1.38 bits per heavy atom. The molecule has 1 saturated heterocycles.